The number of hydrogen-bond donors (Lipinski definition) is 1. The molecule has 3 fully saturated rings. The molecule has 49 heavy (non-hydrogen) atoms. The molecule has 6 atom stereocenters. The number of imide groups is 2. The Bertz CT molecular complexity index is 2080. The number of rotatable bonds is 4. The first-order chi connectivity index (χ1) is 23.3. The van der Waals surface area contributed by atoms with Crippen LogP contribution in [0.3, 0.4) is 0 Å². The second-order valence-corrected chi connectivity index (χ2v) is 14.4. The Morgan fingerprint density at radius 3 is 2.27 bits per heavy atom. The number of allylic oxidation sites excluding steroid dienone is 3. The lowest BCUT2D eigenvalue weighted by atomic mass is 9.56. The van der Waals surface area contributed by atoms with Crippen LogP contribution in [-0.4, -0.2) is 44.3 Å². The summed E-state index contributed by atoms with van der Waals surface area (Å²) in [6.07, 6.45) is 3.39. The van der Waals surface area contributed by atoms with Crippen molar-refractivity contribution in [3.8, 4) is 11.5 Å². The first-order valence-electron chi connectivity index (χ1n) is 15.7. The number of phenolic OH excluding ortho intramolecular Hbond substituents is 1. The van der Waals surface area contributed by atoms with Crippen molar-refractivity contribution in [2.45, 2.75) is 35.9 Å². The van der Waals surface area contributed by atoms with Gasteiger partial charge in [-0.25, -0.2) is 9.29 Å². The van der Waals surface area contributed by atoms with Crippen LogP contribution in [0.1, 0.15) is 35.7 Å². The number of carbonyl (C=O) groups excluding carboxylic acids is 5. The molecule has 12 heteroatoms. The molecule has 0 aromatic heterocycles. The number of ketones is 1. The molecule has 1 N–H and O–H groups in total. The third-order valence-corrected chi connectivity index (χ3v) is 12.0. The van der Waals surface area contributed by atoms with Gasteiger partial charge in [0.1, 0.15) is 17.3 Å². The summed E-state index contributed by atoms with van der Waals surface area (Å²) in [5.41, 5.74) is 2.50. The lowest BCUT2D eigenvalue weighted by Gasteiger charge is -2.51. The van der Waals surface area contributed by atoms with E-state index in [4.69, 9.17) is 27.9 Å². The van der Waals surface area contributed by atoms with E-state index in [0.29, 0.717) is 33.7 Å². The minimum atomic E-state index is -2.10. The van der Waals surface area contributed by atoms with Gasteiger partial charge in [-0.15, -0.1) is 23.2 Å². The van der Waals surface area contributed by atoms with Crippen molar-refractivity contribution in [3.63, 3.8) is 0 Å². The topological polar surface area (TPSA) is 121 Å². The SMILES string of the molecule is CC(=O)c1ccc(N2C(=O)[C@H]3[C@H](CC=C4[C@H](C5=COc6ccc(O)cc6C5)[C@]5(Cl)C(=O)N(c6ccc(F)cc6)C(=O)[C@]5(Cl)C[C@H]43)C2=O)cc1. The van der Waals surface area contributed by atoms with Gasteiger partial charge in [0.2, 0.25) is 11.8 Å². The van der Waals surface area contributed by atoms with E-state index < -0.39 is 62.9 Å². The van der Waals surface area contributed by atoms with Gasteiger partial charge in [0, 0.05) is 23.5 Å². The normalized spacial score (nSPS) is 30.2. The van der Waals surface area contributed by atoms with Gasteiger partial charge in [-0.05, 0) is 98.0 Å². The van der Waals surface area contributed by atoms with Crippen LogP contribution in [0.15, 0.2) is 90.2 Å². The molecular weight excluding hydrogens is 674 g/mol. The zero-order valence-electron chi connectivity index (χ0n) is 25.9. The van der Waals surface area contributed by atoms with Gasteiger partial charge in [-0.1, -0.05) is 11.6 Å². The van der Waals surface area contributed by atoms with E-state index in [1.807, 2.05) is 6.08 Å². The van der Waals surface area contributed by atoms with Crippen LogP contribution >= 0.6 is 23.2 Å². The number of carbonyl (C=O) groups is 5. The van der Waals surface area contributed by atoms with Gasteiger partial charge in [0.15, 0.2) is 15.5 Å². The standard InChI is InChI=1S/C37H27Cl2FN2O7/c1-18(43)19-2-6-23(7-3-19)41-32(45)27-12-11-26-28(30(27)33(41)46)16-36(38)34(47)42(24-8-4-22(40)5-9-24)35(48)37(36,39)31(26)21-14-20-15-25(44)10-13-29(20)49-17-21/h2-11,13,15,17,27-28,30-31,44H,12,14,16H2,1H3/t27-,28+,30-,31-,36+,37-/m0/s1. The molecule has 3 heterocycles. The molecule has 2 saturated heterocycles. The van der Waals surface area contributed by atoms with Crippen molar-refractivity contribution in [1.82, 2.24) is 0 Å². The quantitative estimate of drug-likeness (QED) is 0.157. The summed E-state index contributed by atoms with van der Waals surface area (Å²) in [5.74, 6) is -6.33. The van der Waals surface area contributed by atoms with E-state index in [0.717, 1.165) is 21.9 Å². The molecule has 248 valence electrons. The number of anilines is 2. The molecule has 1 saturated carbocycles. The summed E-state index contributed by atoms with van der Waals surface area (Å²) in [4.78, 5) is 66.8. The van der Waals surface area contributed by atoms with Crippen LogP contribution < -0.4 is 14.5 Å². The largest absolute Gasteiger partial charge is 0.508 e. The highest BCUT2D eigenvalue weighted by Gasteiger charge is 2.77. The Balaban J connectivity index is 1.26. The van der Waals surface area contributed by atoms with E-state index in [-0.39, 0.29) is 36.5 Å². The van der Waals surface area contributed by atoms with Crippen molar-refractivity contribution in [2.24, 2.45) is 23.7 Å². The molecule has 0 spiro atoms. The van der Waals surface area contributed by atoms with Crippen LogP contribution in [-0.2, 0) is 25.6 Å². The Morgan fingerprint density at radius 1 is 0.898 bits per heavy atom. The number of phenols is 1. The second-order valence-electron chi connectivity index (χ2n) is 13.1. The number of amides is 4. The molecule has 3 aromatic carbocycles. The fourth-order valence-corrected chi connectivity index (χ4v) is 9.26. The minimum Gasteiger partial charge on any atom is -0.508 e. The average molecular weight is 702 g/mol. The van der Waals surface area contributed by atoms with E-state index in [2.05, 4.69) is 0 Å². The maximum Gasteiger partial charge on any atom is 0.258 e. The minimum absolute atomic E-state index is 0.00165. The summed E-state index contributed by atoms with van der Waals surface area (Å²) in [6.45, 7) is 1.42. The van der Waals surface area contributed by atoms with E-state index in [1.54, 1.807) is 30.3 Å². The van der Waals surface area contributed by atoms with E-state index in [9.17, 15) is 33.5 Å². The highest BCUT2D eigenvalue weighted by atomic mass is 35.5. The van der Waals surface area contributed by atoms with E-state index >= 15 is 0 Å². The van der Waals surface area contributed by atoms with Crippen molar-refractivity contribution in [2.75, 3.05) is 9.80 Å². The molecule has 8 rings (SSSR count). The summed E-state index contributed by atoms with van der Waals surface area (Å²) in [6, 6.07) is 15.6. The first-order valence-corrected chi connectivity index (χ1v) is 16.5. The average Bonchev–Trinajstić information content (AvgIpc) is 3.42. The number of benzene rings is 3. The molecule has 0 radical (unpaired) electrons. The second kappa shape index (κ2) is 10.9. The van der Waals surface area contributed by atoms with Gasteiger partial charge in [-0.3, -0.25) is 28.9 Å². The smallest absolute Gasteiger partial charge is 0.258 e. The predicted octanol–water partition coefficient (Wildman–Crippen LogP) is 5.85. The van der Waals surface area contributed by atoms with E-state index in [1.165, 1.54) is 37.5 Å². The number of aromatic hydroxyl groups is 1. The third kappa shape index (κ3) is 4.33. The molecule has 0 bridgehead atoms. The Morgan fingerprint density at radius 2 is 1.57 bits per heavy atom. The highest BCUT2D eigenvalue weighted by molar-refractivity contribution is 6.58. The van der Waals surface area contributed by atoms with Crippen molar-refractivity contribution in [3.05, 3.63) is 107 Å². The number of hydrogen-bond acceptors (Lipinski definition) is 7. The van der Waals surface area contributed by atoms with Gasteiger partial charge >= 0.3 is 0 Å². The predicted molar refractivity (Wildman–Crippen MR) is 177 cm³/mol. The highest BCUT2D eigenvalue weighted by Crippen LogP contribution is 2.65. The fraction of sp³-hybridized carbons (Fsp3) is 0.270. The molecule has 3 aromatic rings. The van der Waals surface area contributed by atoms with Gasteiger partial charge in [0.25, 0.3) is 11.8 Å². The maximum absolute atomic E-state index is 14.6. The molecule has 5 aliphatic rings. The Hall–Kier alpha value is -4.80. The summed E-state index contributed by atoms with van der Waals surface area (Å²) < 4.78 is 19.9. The lowest BCUT2D eigenvalue weighted by Crippen LogP contribution is -2.61. The van der Waals surface area contributed by atoms with Crippen LogP contribution in [0.25, 0.3) is 0 Å². The number of halogens is 3. The number of ether oxygens (including phenoxy) is 1. The van der Waals surface area contributed by atoms with Crippen LogP contribution in [0.4, 0.5) is 15.8 Å². The zero-order chi connectivity index (χ0) is 34.6. The first kappa shape index (κ1) is 31.5. The summed E-state index contributed by atoms with van der Waals surface area (Å²) >= 11 is 14.9. The number of Topliss-reactive ketones (excluding diaryl/α,β-unsaturated/α-hetero) is 1. The molecular formula is C37H27Cl2FN2O7. The van der Waals surface area contributed by atoms with Gasteiger partial charge in [0.05, 0.1) is 29.5 Å². The molecule has 2 aliphatic carbocycles. The maximum atomic E-state index is 14.6. The van der Waals surface area contributed by atoms with Gasteiger partial charge < -0.3 is 9.84 Å². The van der Waals surface area contributed by atoms with Crippen LogP contribution in [0.5, 0.6) is 11.5 Å². The molecule has 3 aliphatic heterocycles. The molecule has 4 amide bonds. The van der Waals surface area contributed by atoms with Crippen molar-refractivity contribution < 1.29 is 38.2 Å². The van der Waals surface area contributed by atoms with Crippen LogP contribution in [0, 0.1) is 29.5 Å². The number of alkyl halides is 2. The lowest BCUT2D eigenvalue weighted by molar-refractivity contribution is -0.125. The Labute approximate surface area is 289 Å². The number of fused-ring (bicyclic) bond motifs is 5. The molecule has 9 nitrogen and oxygen atoms in total. The van der Waals surface area contributed by atoms with Crippen molar-refractivity contribution >= 4 is 64.0 Å². The summed E-state index contributed by atoms with van der Waals surface area (Å²) in [5, 5.41) is 10.2. The number of nitrogens with zero attached hydrogens (tertiary/aromatic N) is 2. The monoisotopic (exact) mass is 700 g/mol. The third-order valence-electron chi connectivity index (χ3n) is 10.6. The molecule has 0 unspecified atom stereocenters. The zero-order valence-corrected chi connectivity index (χ0v) is 27.4. The van der Waals surface area contributed by atoms with Crippen molar-refractivity contribution in [1.29, 1.82) is 0 Å². The Kier molecular flexibility index (Phi) is 6.97. The fourth-order valence-electron chi connectivity index (χ4n) is 8.31. The van der Waals surface area contributed by atoms with Gasteiger partial charge in [-0.2, -0.15) is 0 Å². The summed E-state index contributed by atoms with van der Waals surface area (Å²) in [7, 11) is 0. The van der Waals surface area contributed by atoms with Crippen LogP contribution in [0.2, 0.25) is 0 Å².